The average molecular weight is 356 g/mol. The van der Waals surface area contributed by atoms with Crippen molar-refractivity contribution in [2.45, 2.75) is 18.6 Å². The molecule has 0 spiro atoms. The van der Waals surface area contributed by atoms with E-state index >= 15 is 0 Å². The van der Waals surface area contributed by atoms with Gasteiger partial charge in [-0.15, -0.1) is 11.8 Å². The molecule has 0 radical (unpaired) electrons. The molecule has 132 valence electrons. The molecule has 0 saturated carbocycles. The van der Waals surface area contributed by atoms with Gasteiger partial charge in [0, 0.05) is 37.8 Å². The van der Waals surface area contributed by atoms with Crippen molar-refractivity contribution in [3.8, 4) is 0 Å². The molecule has 3 rings (SSSR count). The molecule has 1 aliphatic heterocycles. The van der Waals surface area contributed by atoms with E-state index in [4.69, 9.17) is 0 Å². The highest BCUT2D eigenvalue weighted by Gasteiger charge is 2.21. The Bertz CT molecular complexity index is 645. The van der Waals surface area contributed by atoms with Crippen molar-refractivity contribution in [2.75, 3.05) is 30.3 Å². The summed E-state index contributed by atoms with van der Waals surface area (Å²) >= 11 is 1.66. The zero-order valence-corrected chi connectivity index (χ0v) is 15.1. The molecule has 0 atom stereocenters. The fraction of sp³-hybridized carbons (Fsp3) is 0.421. The lowest BCUT2D eigenvalue weighted by Crippen LogP contribution is -2.39. The van der Waals surface area contributed by atoms with Gasteiger partial charge in [-0.2, -0.15) is 0 Å². The summed E-state index contributed by atoms with van der Waals surface area (Å²) in [5.74, 6) is 2.88. The van der Waals surface area contributed by atoms with Crippen molar-refractivity contribution in [3.63, 3.8) is 0 Å². The molecule has 1 saturated heterocycles. The molecule has 2 aromatic rings. The van der Waals surface area contributed by atoms with Crippen molar-refractivity contribution < 1.29 is 4.79 Å². The lowest BCUT2D eigenvalue weighted by Gasteiger charge is -2.31. The number of nitrogens with zero attached hydrogens (tertiary/aromatic N) is 3. The maximum atomic E-state index is 12.0. The van der Waals surface area contributed by atoms with Gasteiger partial charge in [0.05, 0.1) is 5.75 Å². The first-order valence-electron chi connectivity index (χ1n) is 8.71. The number of rotatable bonds is 7. The third-order valence-corrected chi connectivity index (χ3v) is 5.39. The average Bonchev–Trinajstić information content (AvgIpc) is 2.68. The summed E-state index contributed by atoms with van der Waals surface area (Å²) < 4.78 is 0. The highest BCUT2D eigenvalue weighted by molar-refractivity contribution is 7.99. The van der Waals surface area contributed by atoms with Crippen LogP contribution in [-0.4, -0.2) is 41.3 Å². The van der Waals surface area contributed by atoms with Gasteiger partial charge in [0.25, 0.3) is 0 Å². The Morgan fingerprint density at radius 2 is 1.84 bits per heavy atom. The molecule has 1 aromatic heterocycles. The minimum atomic E-state index is 0.134. The van der Waals surface area contributed by atoms with Gasteiger partial charge >= 0.3 is 0 Å². The lowest BCUT2D eigenvalue weighted by molar-refractivity contribution is -0.118. The number of aromatic nitrogens is 2. The summed E-state index contributed by atoms with van der Waals surface area (Å²) in [6, 6.07) is 12.1. The molecule has 6 heteroatoms. The Labute approximate surface area is 153 Å². The van der Waals surface area contributed by atoms with Gasteiger partial charge in [0.1, 0.15) is 0 Å². The standard InChI is InChI=1S/C19H24N4OS/c24-18(15-25-14-17-5-2-1-3-6-17)22-13-16-7-11-23(12-8-16)19-20-9-4-10-21-19/h1-6,9-10,16H,7-8,11-15H2,(H,22,24). The van der Waals surface area contributed by atoms with Crippen LogP contribution >= 0.6 is 11.8 Å². The van der Waals surface area contributed by atoms with E-state index in [1.807, 2.05) is 24.3 Å². The van der Waals surface area contributed by atoms with Crippen LogP contribution in [-0.2, 0) is 10.5 Å². The smallest absolute Gasteiger partial charge is 0.230 e. The normalized spacial score (nSPS) is 15.1. The molecule has 1 fully saturated rings. The van der Waals surface area contributed by atoms with Crippen LogP contribution in [0.5, 0.6) is 0 Å². The Balaban J connectivity index is 1.31. The molecule has 0 bridgehead atoms. The molecule has 1 amide bonds. The van der Waals surface area contributed by atoms with E-state index in [0.717, 1.165) is 44.2 Å². The molecular formula is C19H24N4OS. The van der Waals surface area contributed by atoms with Crippen molar-refractivity contribution in [3.05, 3.63) is 54.4 Å². The monoisotopic (exact) mass is 356 g/mol. The van der Waals surface area contributed by atoms with Crippen LogP contribution in [0, 0.1) is 5.92 Å². The van der Waals surface area contributed by atoms with Gasteiger partial charge < -0.3 is 10.2 Å². The second kappa shape index (κ2) is 9.42. The highest BCUT2D eigenvalue weighted by Crippen LogP contribution is 2.19. The molecule has 2 heterocycles. The molecule has 5 nitrogen and oxygen atoms in total. The predicted molar refractivity (Wildman–Crippen MR) is 103 cm³/mol. The molecule has 1 N–H and O–H groups in total. The summed E-state index contributed by atoms with van der Waals surface area (Å²) in [4.78, 5) is 22.8. The largest absolute Gasteiger partial charge is 0.355 e. The topological polar surface area (TPSA) is 58.1 Å². The van der Waals surface area contributed by atoms with Crippen LogP contribution in [0.3, 0.4) is 0 Å². The van der Waals surface area contributed by atoms with E-state index in [-0.39, 0.29) is 5.91 Å². The molecule has 25 heavy (non-hydrogen) atoms. The number of piperidine rings is 1. The molecule has 0 aliphatic carbocycles. The molecule has 1 aromatic carbocycles. The fourth-order valence-corrected chi connectivity index (χ4v) is 3.75. The van der Waals surface area contributed by atoms with E-state index in [1.165, 1.54) is 5.56 Å². The van der Waals surface area contributed by atoms with Gasteiger partial charge in [-0.1, -0.05) is 30.3 Å². The summed E-state index contributed by atoms with van der Waals surface area (Å²) in [7, 11) is 0. The molecule has 1 aliphatic rings. The van der Waals surface area contributed by atoms with Crippen molar-refractivity contribution in [1.82, 2.24) is 15.3 Å². The number of thioether (sulfide) groups is 1. The summed E-state index contributed by atoms with van der Waals surface area (Å²) in [6.07, 6.45) is 5.69. The number of hydrogen-bond donors (Lipinski definition) is 1. The van der Waals surface area contributed by atoms with Crippen LogP contribution in [0.25, 0.3) is 0 Å². The first-order valence-corrected chi connectivity index (χ1v) is 9.87. The van der Waals surface area contributed by atoms with Crippen LogP contribution < -0.4 is 10.2 Å². The lowest BCUT2D eigenvalue weighted by atomic mass is 9.97. The van der Waals surface area contributed by atoms with Gasteiger partial charge in [0.15, 0.2) is 0 Å². The van der Waals surface area contributed by atoms with E-state index in [2.05, 4.69) is 32.3 Å². The maximum absolute atomic E-state index is 12.0. The number of amides is 1. The van der Waals surface area contributed by atoms with Crippen LogP contribution in [0.1, 0.15) is 18.4 Å². The Kier molecular flexibility index (Phi) is 6.68. The summed E-state index contributed by atoms with van der Waals surface area (Å²) in [5.41, 5.74) is 1.26. The number of carbonyl (C=O) groups is 1. The van der Waals surface area contributed by atoms with Gasteiger partial charge in [-0.05, 0) is 30.4 Å². The number of benzene rings is 1. The van der Waals surface area contributed by atoms with Gasteiger partial charge in [0.2, 0.25) is 11.9 Å². The van der Waals surface area contributed by atoms with E-state index in [9.17, 15) is 4.79 Å². The van der Waals surface area contributed by atoms with Crippen LogP contribution in [0.15, 0.2) is 48.8 Å². The number of anilines is 1. The minimum Gasteiger partial charge on any atom is -0.355 e. The first-order chi connectivity index (χ1) is 12.3. The zero-order chi connectivity index (χ0) is 17.3. The van der Waals surface area contributed by atoms with E-state index < -0.39 is 0 Å². The number of carbonyl (C=O) groups excluding carboxylic acids is 1. The zero-order valence-electron chi connectivity index (χ0n) is 14.3. The van der Waals surface area contributed by atoms with Crippen molar-refractivity contribution >= 4 is 23.6 Å². The quantitative estimate of drug-likeness (QED) is 0.827. The van der Waals surface area contributed by atoms with Crippen molar-refractivity contribution in [2.24, 2.45) is 5.92 Å². The number of nitrogens with one attached hydrogen (secondary N) is 1. The Morgan fingerprint density at radius 3 is 2.56 bits per heavy atom. The Hall–Kier alpha value is -2.08. The second-order valence-corrected chi connectivity index (χ2v) is 7.25. The van der Waals surface area contributed by atoms with Gasteiger partial charge in [-0.3, -0.25) is 4.79 Å². The van der Waals surface area contributed by atoms with Crippen molar-refractivity contribution in [1.29, 1.82) is 0 Å². The second-order valence-electron chi connectivity index (χ2n) is 6.26. The van der Waals surface area contributed by atoms with E-state index in [0.29, 0.717) is 11.7 Å². The third kappa shape index (κ3) is 5.74. The maximum Gasteiger partial charge on any atom is 0.230 e. The first kappa shape index (κ1) is 17.7. The number of hydrogen-bond acceptors (Lipinski definition) is 5. The van der Waals surface area contributed by atoms with Crippen LogP contribution in [0.4, 0.5) is 5.95 Å². The Morgan fingerprint density at radius 1 is 1.12 bits per heavy atom. The van der Waals surface area contributed by atoms with Gasteiger partial charge in [-0.25, -0.2) is 9.97 Å². The highest BCUT2D eigenvalue weighted by atomic mass is 32.2. The molecular weight excluding hydrogens is 332 g/mol. The minimum absolute atomic E-state index is 0.134. The predicted octanol–water partition coefficient (Wildman–Crippen LogP) is 2.74. The summed E-state index contributed by atoms with van der Waals surface area (Å²) in [5, 5.41) is 3.08. The van der Waals surface area contributed by atoms with E-state index in [1.54, 1.807) is 24.2 Å². The third-order valence-electron chi connectivity index (χ3n) is 4.38. The molecule has 0 unspecified atom stereocenters. The summed E-state index contributed by atoms with van der Waals surface area (Å²) in [6.45, 7) is 2.68. The van der Waals surface area contributed by atoms with Crippen LogP contribution in [0.2, 0.25) is 0 Å². The SMILES string of the molecule is O=C(CSCc1ccccc1)NCC1CCN(c2ncccn2)CC1. The fourth-order valence-electron chi connectivity index (χ4n) is 2.94.